The first-order valence-electron chi connectivity index (χ1n) is 5.86. The van der Waals surface area contributed by atoms with Gasteiger partial charge >= 0.3 is 0 Å². The molecule has 1 unspecified atom stereocenters. The molecule has 0 aliphatic carbocycles. The van der Waals surface area contributed by atoms with E-state index in [0.717, 1.165) is 5.56 Å². The zero-order valence-electron chi connectivity index (χ0n) is 10.3. The predicted molar refractivity (Wildman–Crippen MR) is 76.3 cm³/mol. The van der Waals surface area contributed by atoms with E-state index < -0.39 is 6.10 Å². The van der Waals surface area contributed by atoms with Crippen LogP contribution in [0.5, 0.6) is 0 Å². The van der Waals surface area contributed by atoms with Gasteiger partial charge in [-0.25, -0.2) is 4.39 Å². The highest BCUT2D eigenvalue weighted by Crippen LogP contribution is 2.29. The lowest BCUT2D eigenvalue weighted by atomic mass is 10.00. The van der Waals surface area contributed by atoms with Gasteiger partial charge in [0, 0.05) is 6.42 Å². The minimum atomic E-state index is -0.740. The maximum absolute atomic E-state index is 13.2. The Morgan fingerprint density at radius 1 is 1.21 bits per heavy atom. The van der Waals surface area contributed by atoms with Crippen molar-refractivity contribution >= 4 is 23.2 Å². The van der Waals surface area contributed by atoms with E-state index in [9.17, 15) is 9.50 Å². The third-order valence-electron chi connectivity index (χ3n) is 3.01. The van der Waals surface area contributed by atoms with E-state index in [1.807, 2.05) is 6.07 Å². The molecule has 2 aromatic carbocycles. The van der Waals surface area contributed by atoms with Crippen LogP contribution in [0.2, 0.25) is 10.0 Å². The summed E-state index contributed by atoms with van der Waals surface area (Å²) in [6.07, 6.45) is -0.403. The molecule has 0 amide bonds. The molecule has 1 nitrogen and oxygen atoms in total. The van der Waals surface area contributed by atoms with Gasteiger partial charge in [-0.05, 0) is 35.7 Å². The molecule has 0 aliphatic rings. The summed E-state index contributed by atoms with van der Waals surface area (Å²) in [7, 11) is 0. The van der Waals surface area contributed by atoms with E-state index in [4.69, 9.17) is 23.2 Å². The van der Waals surface area contributed by atoms with Crippen LogP contribution in [0.15, 0.2) is 36.4 Å². The van der Waals surface area contributed by atoms with Gasteiger partial charge in [0.1, 0.15) is 5.82 Å². The van der Waals surface area contributed by atoms with Crippen molar-refractivity contribution in [2.75, 3.05) is 0 Å². The summed E-state index contributed by atoms with van der Waals surface area (Å²) in [5, 5.41) is 11.1. The molecule has 1 N–H and O–H groups in total. The molecule has 0 bridgehead atoms. The Bertz CT molecular complexity index is 599. The van der Waals surface area contributed by atoms with E-state index in [-0.39, 0.29) is 5.82 Å². The monoisotopic (exact) mass is 298 g/mol. The van der Waals surface area contributed by atoms with Gasteiger partial charge in [0.05, 0.1) is 16.1 Å². The average Bonchev–Trinajstić information content (AvgIpc) is 2.38. The summed E-state index contributed by atoms with van der Waals surface area (Å²) >= 11 is 12.0. The highest BCUT2D eigenvalue weighted by molar-refractivity contribution is 6.42. The molecule has 0 aliphatic heterocycles. The summed E-state index contributed by atoms with van der Waals surface area (Å²) < 4.78 is 13.2. The normalized spacial score (nSPS) is 12.5. The first kappa shape index (κ1) is 14.3. The molecule has 0 saturated carbocycles. The van der Waals surface area contributed by atoms with Crippen molar-refractivity contribution < 1.29 is 9.50 Å². The molecule has 19 heavy (non-hydrogen) atoms. The minimum absolute atomic E-state index is 0.281. The Labute approximate surface area is 121 Å². The first-order chi connectivity index (χ1) is 8.99. The number of rotatable bonds is 3. The Morgan fingerprint density at radius 3 is 2.63 bits per heavy atom. The number of aliphatic hydroxyl groups is 1. The second-order valence-electron chi connectivity index (χ2n) is 4.44. The summed E-state index contributed by atoms with van der Waals surface area (Å²) in [6.45, 7) is 1.66. The molecule has 100 valence electrons. The lowest BCUT2D eigenvalue weighted by Crippen LogP contribution is -2.03. The lowest BCUT2D eigenvalue weighted by Gasteiger charge is -2.13. The van der Waals surface area contributed by atoms with Crippen LogP contribution in [0.3, 0.4) is 0 Å². The fraction of sp³-hybridized carbons (Fsp3) is 0.200. The van der Waals surface area contributed by atoms with E-state index in [0.29, 0.717) is 27.6 Å². The second-order valence-corrected chi connectivity index (χ2v) is 5.23. The number of aliphatic hydroxyl groups excluding tert-OH is 1. The summed E-state index contributed by atoms with van der Waals surface area (Å²) in [5.74, 6) is -0.281. The van der Waals surface area contributed by atoms with Crippen molar-refractivity contribution in [3.8, 4) is 0 Å². The summed E-state index contributed by atoms with van der Waals surface area (Å²) in [5.41, 5.74) is 1.94. The number of aryl methyl sites for hydroxylation is 1. The molecular weight excluding hydrogens is 286 g/mol. The second kappa shape index (κ2) is 5.91. The molecule has 0 radical (unpaired) electrons. The molecule has 4 heteroatoms. The van der Waals surface area contributed by atoms with Crippen molar-refractivity contribution in [3.63, 3.8) is 0 Å². The SMILES string of the molecule is Cc1cc(C(O)Cc2cccc(Cl)c2Cl)ccc1F. The van der Waals surface area contributed by atoms with Crippen molar-refractivity contribution in [1.29, 1.82) is 0 Å². The van der Waals surface area contributed by atoms with Crippen LogP contribution >= 0.6 is 23.2 Å². The van der Waals surface area contributed by atoms with Gasteiger partial charge in [-0.15, -0.1) is 0 Å². The maximum atomic E-state index is 13.2. The third-order valence-corrected chi connectivity index (χ3v) is 3.87. The van der Waals surface area contributed by atoms with E-state index in [1.165, 1.54) is 6.07 Å². The summed E-state index contributed by atoms with van der Waals surface area (Å²) in [4.78, 5) is 0. The number of hydrogen-bond acceptors (Lipinski definition) is 1. The molecule has 2 rings (SSSR count). The Balaban J connectivity index is 2.23. The van der Waals surface area contributed by atoms with Gasteiger partial charge in [-0.1, -0.05) is 47.5 Å². The molecular formula is C15H13Cl2FO. The number of hydrogen-bond donors (Lipinski definition) is 1. The highest BCUT2D eigenvalue weighted by atomic mass is 35.5. The molecule has 0 saturated heterocycles. The van der Waals surface area contributed by atoms with Crippen molar-refractivity contribution in [2.24, 2.45) is 0 Å². The van der Waals surface area contributed by atoms with E-state index in [2.05, 4.69) is 0 Å². The fourth-order valence-electron chi connectivity index (χ4n) is 1.91. The van der Waals surface area contributed by atoms with Gasteiger partial charge in [0.2, 0.25) is 0 Å². The summed E-state index contributed by atoms with van der Waals surface area (Å²) in [6, 6.07) is 9.86. The van der Waals surface area contributed by atoms with Gasteiger partial charge < -0.3 is 5.11 Å². The van der Waals surface area contributed by atoms with Crippen LogP contribution in [0.25, 0.3) is 0 Å². The lowest BCUT2D eigenvalue weighted by molar-refractivity contribution is 0.178. The van der Waals surface area contributed by atoms with E-state index in [1.54, 1.807) is 31.2 Å². The van der Waals surface area contributed by atoms with Gasteiger partial charge in [-0.2, -0.15) is 0 Å². The maximum Gasteiger partial charge on any atom is 0.126 e. The zero-order valence-corrected chi connectivity index (χ0v) is 11.8. The van der Waals surface area contributed by atoms with Crippen LogP contribution in [0.4, 0.5) is 4.39 Å². The van der Waals surface area contributed by atoms with E-state index >= 15 is 0 Å². The molecule has 1 atom stereocenters. The zero-order chi connectivity index (χ0) is 14.0. The largest absolute Gasteiger partial charge is 0.388 e. The van der Waals surface area contributed by atoms with Gasteiger partial charge in [-0.3, -0.25) is 0 Å². The van der Waals surface area contributed by atoms with Crippen molar-refractivity contribution in [2.45, 2.75) is 19.4 Å². The smallest absolute Gasteiger partial charge is 0.126 e. The highest BCUT2D eigenvalue weighted by Gasteiger charge is 2.13. The van der Waals surface area contributed by atoms with Crippen molar-refractivity contribution in [1.82, 2.24) is 0 Å². The van der Waals surface area contributed by atoms with Crippen molar-refractivity contribution in [3.05, 3.63) is 69.0 Å². The predicted octanol–water partition coefficient (Wildman–Crippen LogP) is 4.72. The number of benzene rings is 2. The third kappa shape index (κ3) is 3.27. The quantitative estimate of drug-likeness (QED) is 0.869. The van der Waals surface area contributed by atoms with Crippen LogP contribution in [-0.2, 0) is 6.42 Å². The van der Waals surface area contributed by atoms with Crippen LogP contribution in [0, 0.1) is 12.7 Å². The van der Waals surface area contributed by atoms with Crippen LogP contribution < -0.4 is 0 Å². The molecule has 0 spiro atoms. The van der Waals surface area contributed by atoms with Gasteiger partial charge in [0.15, 0.2) is 0 Å². The Hall–Kier alpha value is -1.09. The topological polar surface area (TPSA) is 20.2 Å². The Kier molecular flexibility index (Phi) is 4.46. The first-order valence-corrected chi connectivity index (χ1v) is 6.61. The standard InChI is InChI=1S/C15H13Cl2FO/c1-9-7-10(5-6-13(9)18)14(19)8-11-3-2-4-12(16)15(11)17/h2-7,14,19H,8H2,1H3. The minimum Gasteiger partial charge on any atom is -0.388 e. The molecule has 0 aromatic heterocycles. The van der Waals surface area contributed by atoms with Gasteiger partial charge in [0.25, 0.3) is 0 Å². The molecule has 0 heterocycles. The average molecular weight is 299 g/mol. The van der Waals surface area contributed by atoms with Crippen LogP contribution in [0.1, 0.15) is 22.8 Å². The number of halogens is 3. The van der Waals surface area contributed by atoms with Crippen LogP contribution in [-0.4, -0.2) is 5.11 Å². The molecule has 0 fully saturated rings. The Morgan fingerprint density at radius 2 is 1.95 bits per heavy atom. The molecule has 2 aromatic rings. The fourth-order valence-corrected chi connectivity index (χ4v) is 2.30.